The van der Waals surface area contributed by atoms with Crippen molar-refractivity contribution >= 4 is 17.4 Å². The quantitative estimate of drug-likeness (QED) is 0.738. The molecular weight excluding hydrogens is 414 g/mol. The number of amides is 1. The van der Waals surface area contributed by atoms with Crippen LogP contribution in [0, 0.1) is 29.6 Å². The third-order valence-electron chi connectivity index (χ3n) is 6.72. The first kappa shape index (κ1) is 22.7. The van der Waals surface area contributed by atoms with Gasteiger partial charge in [0.25, 0.3) is 5.91 Å². The van der Waals surface area contributed by atoms with Gasteiger partial charge in [0, 0.05) is 36.4 Å². The summed E-state index contributed by atoms with van der Waals surface area (Å²) >= 11 is 0. The van der Waals surface area contributed by atoms with E-state index in [4.69, 9.17) is 0 Å². The van der Waals surface area contributed by atoms with E-state index in [0.717, 1.165) is 22.8 Å². The Morgan fingerprint density at radius 3 is 2.58 bits per heavy atom. The molecule has 0 bridgehead atoms. The van der Waals surface area contributed by atoms with Crippen molar-refractivity contribution in [2.45, 2.75) is 59.3 Å². The maximum Gasteiger partial charge on any atom is 0.258 e. The van der Waals surface area contributed by atoms with Crippen molar-refractivity contribution < 1.29 is 9.59 Å². The number of hydrogen-bond donors (Lipinski definition) is 1. The summed E-state index contributed by atoms with van der Waals surface area (Å²) < 4.78 is 1.81. The lowest BCUT2D eigenvalue weighted by Gasteiger charge is -2.35. The molecule has 1 N–H and O–H groups in total. The van der Waals surface area contributed by atoms with Gasteiger partial charge >= 0.3 is 0 Å². The van der Waals surface area contributed by atoms with E-state index in [2.05, 4.69) is 21.5 Å². The molecule has 2 heterocycles. The SMILES string of the molecule is CCc1c(C(=O)NC2=CN=C(C3(C#N)CCC(=O)CC3)C(C)C2)cnn1-c1ccc(C)cc1. The summed E-state index contributed by atoms with van der Waals surface area (Å²) in [7, 11) is 0. The van der Waals surface area contributed by atoms with Crippen LogP contribution in [0.4, 0.5) is 0 Å². The summed E-state index contributed by atoms with van der Waals surface area (Å²) in [4.78, 5) is 29.4. The van der Waals surface area contributed by atoms with E-state index in [1.165, 1.54) is 5.56 Å². The molecule has 1 saturated carbocycles. The number of hydrogen-bond acceptors (Lipinski definition) is 5. The van der Waals surface area contributed by atoms with E-state index < -0.39 is 5.41 Å². The topological polar surface area (TPSA) is 100 Å². The number of carbonyl (C=O) groups excluding carboxylic acids is 2. The molecule has 7 nitrogen and oxygen atoms in total. The van der Waals surface area contributed by atoms with Gasteiger partial charge in [-0.05, 0) is 44.7 Å². The van der Waals surface area contributed by atoms with Crippen LogP contribution in [0.1, 0.15) is 67.6 Å². The molecule has 1 aliphatic carbocycles. The number of nitrogens with one attached hydrogen (secondary N) is 1. The first-order valence-electron chi connectivity index (χ1n) is 11.5. The van der Waals surface area contributed by atoms with Crippen molar-refractivity contribution in [3.8, 4) is 11.8 Å². The Kier molecular flexibility index (Phi) is 6.28. The Balaban J connectivity index is 1.54. The molecule has 4 rings (SSSR count). The number of nitriles is 1. The minimum atomic E-state index is -0.677. The van der Waals surface area contributed by atoms with Gasteiger partial charge in [0.05, 0.1) is 34.6 Å². The number of benzene rings is 1. The molecular formula is C26H29N5O2. The van der Waals surface area contributed by atoms with E-state index in [-0.39, 0.29) is 17.6 Å². The molecule has 1 fully saturated rings. The molecule has 170 valence electrons. The summed E-state index contributed by atoms with van der Waals surface area (Å²) in [5.74, 6) is 0.0194. The predicted octanol–water partition coefficient (Wildman–Crippen LogP) is 4.45. The monoisotopic (exact) mass is 443 g/mol. The highest BCUT2D eigenvalue weighted by molar-refractivity contribution is 5.99. The zero-order valence-electron chi connectivity index (χ0n) is 19.4. The van der Waals surface area contributed by atoms with Gasteiger partial charge in [-0.2, -0.15) is 10.4 Å². The third-order valence-corrected chi connectivity index (χ3v) is 6.72. The second-order valence-electron chi connectivity index (χ2n) is 9.07. The van der Waals surface area contributed by atoms with Crippen LogP contribution < -0.4 is 5.32 Å². The van der Waals surface area contributed by atoms with Crippen molar-refractivity contribution in [2.24, 2.45) is 16.3 Å². The lowest BCUT2D eigenvalue weighted by atomic mass is 9.67. The minimum Gasteiger partial charge on any atom is -0.324 e. The Morgan fingerprint density at radius 1 is 1.27 bits per heavy atom. The Morgan fingerprint density at radius 2 is 1.97 bits per heavy atom. The summed E-state index contributed by atoms with van der Waals surface area (Å²) in [6.45, 7) is 6.07. The number of allylic oxidation sites excluding steroid dienone is 1. The van der Waals surface area contributed by atoms with Crippen LogP contribution in [0.3, 0.4) is 0 Å². The molecule has 1 aromatic carbocycles. The minimum absolute atomic E-state index is 0.0130. The van der Waals surface area contributed by atoms with E-state index in [1.54, 1.807) is 12.4 Å². The van der Waals surface area contributed by atoms with E-state index in [9.17, 15) is 14.9 Å². The van der Waals surface area contributed by atoms with Crippen LogP contribution in [-0.2, 0) is 11.2 Å². The number of carbonyl (C=O) groups is 2. The highest BCUT2D eigenvalue weighted by atomic mass is 16.1. The van der Waals surface area contributed by atoms with Crippen molar-refractivity contribution in [1.82, 2.24) is 15.1 Å². The lowest BCUT2D eigenvalue weighted by Crippen LogP contribution is -2.40. The largest absolute Gasteiger partial charge is 0.324 e. The van der Waals surface area contributed by atoms with Crippen LogP contribution in [0.2, 0.25) is 0 Å². The maximum atomic E-state index is 13.1. The number of ketones is 1. The van der Waals surface area contributed by atoms with Crippen molar-refractivity contribution in [2.75, 3.05) is 0 Å². The fraction of sp³-hybridized carbons (Fsp3) is 0.423. The van der Waals surface area contributed by atoms with Gasteiger partial charge in [0.2, 0.25) is 0 Å². The number of aromatic nitrogens is 2. The van der Waals surface area contributed by atoms with Gasteiger partial charge in [0.15, 0.2) is 0 Å². The second-order valence-corrected chi connectivity index (χ2v) is 9.07. The summed E-state index contributed by atoms with van der Waals surface area (Å²) in [5, 5.41) is 17.3. The molecule has 1 amide bonds. The number of nitrogens with zero attached hydrogens (tertiary/aromatic N) is 4. The molecule has 1 unspecified atom stereocenters. The summed E-state index contributed by atoms with van der Waals surface area (Å²) in [5.41, 5.74) is 4.35. The van der Waals surface area contributed by atoms with Crippen LogP contribution in [0.5, 0.6) is 0 Å². The highest BCUT2D eigenvalue weighted by Gasteiger charge is 2.42. The van der Waals surface area contributed by atoms with E-state index in [0.29, 0.717) is 44.1 Å². The van der Waals surface area contributed by atoms with Gasteiger partial charge in [0.1, 0.15) is 5.78 Å². The van der Waals surface area contributed by atoms with Gasteiger partial charge < -0.3 is 5.32 Å². The van der Waals surface area contributed by atoms with E-state index in [1.807, 2.05) is 49.7 Å². The average molecular weight is 444 g/mol. The second kappa shape index (κ2) is 9.14. The fourth-order valence-corrected chi connectivity index (χ4v) is 4.84. The maximum absolute atomic E-state index is 13.1. The molecule has 1 atom stereocenters. The average Bonchev–Trinajstić information content (AvgIpc) is 3.25. The molecule has 0 spiro atoms. The van der Waals surface area contributed by atoms with Crippen LogP contribution >= 0.6 is 0 Å². The molecule has 1 aromatic heterocycles. The Labute approximate surface area is 194 Å². The smallest absolute Gasteiger partial charge is 0.258 e. The summed E-state index contributed by atoms with van der Waals surface area (Å²) in [6, 6.07) is 10.5. The molecule has 33 heavy (non-hydrogen) atoms. The zero-order chi connectivity index (χ0) is 23.6. The molecule has 1 aliphatic heterocycles. The van der Waals surface area contributed by atoms with Gasteiger partial charge in [-0.15, -0.1) is 0 Å². The third kappa shape index (κ3) is 4.38. The standard InChI is InChI=1S/C26H29N5O2/c1-4-23-22(15-29-31(23)20-7-5-17(2)6-8-20)25(33)30-19-13-18(3)24(28-14-19)26(16-27)11-9-21(32)10-12-26/h5-8,14-15,18H,4,9-13H2,1-3H3,(H,30,33). The van der Waals surface area contributed by atoms with Crippen LogP contribution in [0.15, 0.2) is 47.4 Å². The number of aliphatic imine (C=N–C) groups is 1. The normalized spacial score (nSPS) is 19.9. The molecule has 0 saturated heterocycles. The number of Topliss-reactive ketones (excluding diaryl/α,β-unsaturated/α-hetero) is 1. The number of aryl methyl sites for hydroxylation is 1. The Hall–Kier alpha value is -3.53. The van der Waals surface area contributed by atoms with E-state index >= 15 is 0 Å². The zero-order valence-corrected chi connectivity index (χ0v) is 19.4. The number of rotatable bonds is 5. The molecule has 2 aliphatic rings. The molecule has 0 radical (unpaired) electrons. The van der Waals surface area contributed by atoms with Gasteiger partial charge in [-0.25, -0.2) is 4.68 Å². The fourth-order valence-electron chi connectivity index (χ4n) is 4.84. The van der Waals surface area contributed by atoms with Crippen molar-refractivity contribution in [1.29, 1.82) is 5.26 Å². The van der Waals surface area contributed by atoms with Gasteiger partial charge in [-0.1, -0.05) is 31.5 Å². The Bertz CT molecular complexity index is 1170. The van der Waals surface area contributed by atoms with Crippen LogP contribution in [0.25, 0.3) is 5.69 Å². The predicted molar refractivity (Wildman–Crippen MR) is 126 cm³/mol. The molecule has 7 heteroatoms. The van der Waals surface area contributed by atoms with Crippen molar-refractivity contribution in [3.63, 3.8) is 0 Å². The van der Waals surface area contributed by atoms with Gasteiger partial charge in [-0.3, -0.25) is 14.6 Å². The highest BCUT2D eigenvalue weighted by Crippen LogP contribution is 2.40. The summed E-state index contributed by atoms with van der Waals surface area (Å²) in [6.07, 6.45) is 6.44. The van der Waals surface area contributed by atoms with Crippen LogP contribution in [-0.4, -0.2) is 27.2 Å². The lowest BCUT2D eigenvalue weighted by molar-refractivity contribution is -0.121. The first-order chi connectivity index (χ1) is 15.9. The molecule has 2 aromatic rings. The van der Waals surface area contributed by atoms with Crippen molar-refractivity contribution in [3.05, 3.63) is 59.2 Å². The first-order valence-corrected chi connectivity index (χ1v) is 11.5.